The van der Waals surface area contributed by atoms with Crippen molar-refractivity contribution < 1.29 is 9.53 Å². The molecule has 0 saturated carbocycles. The van der Waals surface area contributed by atoms with Crippen LogP contribution in [0.5, 0.6) is 0 Å². The highest BCUT2D eigenvalue weighted by molar-refractivity contribution is 5.75. The third kappa shape index (κ3) is 3.72. The van der Waals surface area contributed by atoms with Gasteiger partial charge in [-0.2, -0.15) is 0 Å². The van der Waals surface area contributed by atoms with E-state index in [1.165, 1.54) is 0 Å². The summed E-state index contributed by atoms with van der Waals surface area (Å²) in [5, 5.41) is 0. The van der Waals surface area contributed by atoms with Crippen LogP contribution in [0, 0.1) is 6.92 Å². The molecule has 0 unspecified atom stereocenters. The molecule has 0 aromatic heterocycles. The van der Waals surface area contributed by atoms with Crippen molar-refractivity contribution in [3.8, 4) is 0 Å². The molecule has 3 heteroatoms. The van der Waals surface area contributed by atoms with Gasteiger partial charge in [-0.3, -0.25) is 4.79 Å². The van der Waals surface area contributed by atoms with Crippen molar-refractivity contribution in [2.45, 2.75) is 13.8 Å². The lowest BCUT2D eigenvalue weighted by atomic mass is 10.2. The lowest BCUT2D eigenvalue weighted by molar-refractivity contribution is -0.107. The van der Waals surface area contributed by atoms with Crippen LogP contribution in [0.1, 0.15) is 12.5 Å². The van der Waals surface area contributed by atoms with Gasteiger partial charge in [0.15, 0.2) is 0 Å². The van der Waals surface area contributed by atoms with Crippen molar-refractivity contribution in [3.63, 3.8) is 0 Å². The number of rotatable bonds is 6. The van der Waals surface area contributed by atoms with E-state index in [1.807, 2.05) is 38.1 Å². The number of hydrogen-bond donors (Lipinski definition) is 0. The highest BCUT2D eigenvalue weighted by Gasteiger charge is 2.04. The fourth-order valence-electron chi connectivity index (χ4n) is 1.36. The molecule has 0 aliphatic heterocycles. The highest BCUT2D eigenvalue weighted by Crippen LogP contribution is 2.13. The predicted molar refractivity (Wildman–Crippen MR) is 61.1 cm³/mol. The first kappa shape index (κ1) is 11.7. The summed E-state index contributed by atoms with van der Waals surface area (Å²) in [7, 11) is 0. The summed E-state index contributed by atoms with van der Waals surface area (Å²) in [5.41, 5.74) is 2.07. The highest BCUT2D eigenvalue weighted by atomic mass is 16.5. The molecule has 1 aromatic rings. The van der Waals surface area contributed by atoms with E-state index < -0.39 is 0 Å². The van der Waals surface area contributed by atoms with Crippen molar-refractivity contribution in [2.24, 2.45) is 0 Å². The fourth-order valence-corrected chi connectivity index (χ4v) is 1.36. The summed E-state index contributed by atoms with van der Waals surface area (Å²) >= 11 is 0. The number of benzene rings is 1. The SMILES string of the molecule is CCOCCN(C=O)c1cccc(C)c1. The van der Waals surface area contributed by atoms with E-state index in [4.69, 9.17) is 4.74 Å². The minimum Gasteiger partial charge on any atom is -0.380 e. The summed E-state index contributed by atoms with van der Waals surface area (Å²) in [4.78, 5) is 12.5. The Bertz CT molecular complexity index is 312. The molecule has 1 amide bonds. The van der Waals surface area contributed by atoms with Gasteiger partial charge in [-0.25, -0.2) is 0 Å². The topological polar surface area (TPSA) is 29.5 Å². The van der Waals surface area contributed by atoms with Crippen molar-refractivity contribution >= 4 is 12.1 Å². The molecule has 0 N–H and O–H groups in total. The zero-order valence-electron chi connectivity index (χ0n) is 9.27. The molecule has 82 valence electrons. The average molecular weight is 207 g/mol. The molecule has 0 aliphatic rings. The fraction of sp³-hybridized carbons (Fsp3) is 0.417. The van der Waals surface area contributed by atoms with Crippen LogP contribution in [-0.2, 0) is 9.53 Å². The van der Waals surface area contributed by atoms with Gasteiger partial charge >= 0.3 is 0 Å². The van der Waals surface area contributed by atoms with Gasteiger partial charge in [-0.1, -0.05) is 12.1 Å². The smallest absolute Gasteiger partial charge is 0.214 e. The molecule has 15 heavy (non-hydrogen) atoms. The number of carbonyl (C=O) groups is 1. The van der Waals surface area contributed by atoms with Crippen LogP contribution >= 0.6 is 0 Å². The van der Waals surface area contributed by atoms with E-state index in [2.05, 4.69) is 0 Å². The number of hydrogen-bond acceptors (Lipinski definition) is 2. The minimum absolute atomic E-state index is 0.573. The monoisotopic (exact) mass is 207 g/mol. The molecule has 0 spiro atoms. The van der Waals surface area contributed by atoms with Gasteiger partial charge in [-0.15, -0.1) is 0 Å². The molecule has 0 atom stereocenters. The van der Waals surface area contributed by atoms with Gasteiger partial charge in [-0.05, 0) is 31.5 Å². The van der Waals surface area contributed by atoms with Gasteiger partial charge in [0.2, 0.25) is 6.41 Å². The van der Waals surface area contributed by atoms with Crippen LogP contribution in [0.3, 0.4) is 0 Å². The Hall–Kier alpha value is -1.35. The van der Waals surface area contributed by atoms with E-state index >= 15 is 0 Å². The van der Waals surface area contributed by atoms with E-state index in [0.717, 1.165) is 17.7 Å². The second-order valence-electron chi connectivity index (χ2n) is 3.33. The lowest BCUT2D eigenvalue weighted by Gasteiger charge is -2.17. The van der Waals surface area contributed by atoms with Gasteiger partial charge in [0.05, 0.1) is 6.61 Å². The molecule has 0 radical (unpaired) electrons. The maximum absolute atomic E-state index is 10.9. The van der Waals surface area contributed by atoms with Crippen LogP contribution < -0.4 is 4.90 Å². The van der Waals surface area contributed by atoms with Gasteiger partial charge in [0.1, 0.15) is 0 Å². The minimum atomic E-state index is 0.573. The quantitative estimate of drug-likeness (QED) is 0.527. The Labute approximate surface area is 90.7 Å². The normalized spacial score (nSPS) is 10.0. The molecule has 0 fully saturated rings. The molecule has 3 nitrogen and oxygen atoms in total. The molecular formula is C12H17NO2. The molecule has 0 heterocycles. The van der Waals surface area contributed by atoms with Crippen molar-refractivity contribution in [2.75, 3.05) is 24.7 Å². The number of carbonyl (C=O) groups excluding carboxylic acids is 1. The molecule has 1 aromatic carbocycles. The van der Waals surface area contributed by atoms with E-state index in [-0.39, 0.29) is 0 Å². The van der Waals surface area contributed by atoms with Crippen LogP contribution in [0.15, 0.2) is 24.3 Å². The summed E-state index contributed by atoms with van der Waals surface area (Å²) in [5.74, 6) is 0. The first-order valence-corrected chi connectivity index (χ1v) is 5.14. The number of amides is 1. The zero-order chi connectivity index (χ0) is 11.1. The maximum Gasteiger partial charge on any atom is 0.214 e. The Morgan fingerprint density at radius 3 is 2.87 bits per heavy atom. The number of nitrogens with zero attached hydrogens (tertiary/aromatic N) is 1. The Morgan fingerprint density at radius 1 is 1.47 bits per heavy atom. The lowest BCUT2D eigenvalue weighted by Crippen LogP contribution is -2.25. The van der Waals surface area contributed by atoms with E-state index in [1.54, 1.807) is 4.90 Å². The van der Waals surface area contributed by atoms with Crippen molar-refractivity contribution in [1.29, 1.82) is 0 Å². The Balaban J connectivity index is 2.61. The van der Waals surface area contributed by atoms with Gasteiger partial charge in [0.25, 0.3) is 0 Å². The van der Waals surface area contributed by atoms with Crippen molar-refractivity contribution in [3.05, 3.63) is 29.8 Å². The first-order chi connectivity index (χ1) is 7.27. The van der Waals surface area contributed by atoms with Gasteiger partial charge < -0.3 is 9.64 Å². The van der Waals surface area contributed by atoms with E-state index in [9.17, 15) is 4.79 Å². The first-order valence-electron chi connectivity index (χ1n) is 5.14. The maximum atomic E-state index is 10.9. The second-order valence-corrected chi connectivity index (χ2v) is 3.33. The third-order valence-corrected chi connectivity index (χ3v) is 2.14. The predicted octanol–water partition coefficient (Wildman–Crippen LogP) is 1.99. The second kappa shape index (κ2) is 6.19. The van der Waals surface area contributed by atoms with E-state index in [0.29, 0.717) is 19.8 Å². The Morgan fingerprint density at radius 2 is 2.27 bits per heavy atom. The van der Waals surface area contributed by atoms with Gasteiger partial charge in [0, 0.05) is 18.8 Å². The number of aryl methyl sites for hydroxylation is 1. The third-order valence-electron chi connectivity index (χ3n) is 2.14. The number of anilines is 1. The molecule has 1 rings (SSSR count). The number of ether oxygens (including phenoxy) is 1. The Kier molecular flexibility index (Phi) is 4.84. The summed E-state index contributed by atoms with van der Waals surface area (Å²) in [6, 6.07) is 7.87. The van der Waals surface area contributed by atoms with Crippen LogP contribution in [0.4, 0.5) is 5.69 Å². The van der Waals surface area contributed by atoms with Crippen LogP contribution in [0.25, 0.3) is 0 Å². The standard InChI is InChI=1S/C12H17NO2/c1-3-15-8-7-13(10-14)12-6-4-5-11(2)9-12/h4-6,9-10H,3,7-8H2,1-2H3. The molecule has 0 aliphatic carbocycles. The summed E-state index contributed by atoms with van der Waals surface area (Å²) in [6.45, 7) is 5.80. The largest absolute Gasteiger partial charge is 0.380 e. The molecule has 0 bridgehead atoms. The molecular weight excluding hydrogens is 190 g/mol. The summed E-state index contributed by atoms with van der Waals surface area (Å²) in [6.07, 6.45) is 0.841. The zero-order valence-corrected chi connectivity index (χ0v) is 9.27. The molecule has 0 saturated heterocycles. The summed E-state index contributed by atoms with van der Waals surface area (Å²) < 4.78 is 5.22. The van der Waals surface area contributed by atoms with Crippen molar-refractivity contribution in [1.82, 2.24) is 0 Å². The van der Waals surface area contributed by atoms with Crippen LogP contribution in [0.2, 0.25) is 0 Å². The average Bonchev–Trinajstić information content (AvgIpc) is 2.24. The van der Waals surface area contributed by atoms with Crippen LogP contribution in [-0.4, -0.2) is 26.2 Å².